The van der Waals surface area contributed by atoms with Crippen molar-refractivity contribution in [1.29, 1.82) is 0 Å². The molecule has 2 aromatic heterocycles. The smallest absolute Gasteiger partial charge is 0.306 e. The average Bonchev–Trinajstić information content (AvgIpc) is 3.51. The average molecular weight is 524 g/mol. The van der Waals surface area contributed by atoms with Crippen molar-refractivity contribution in [1.82, 2.24) is 14.7 Å². The second-order valence-corrected chi connectivity index (χ2v) is 9.77. The molecular weight excluding hydrogens is 490 g/mol. The fourth-order valence-corrected chi connectivity index (χ4v) is 4.50. The van der Waals surface area contributed by atoms with Gasteiger partial charge in [0, 0.05) is 35.7 Å². The van der Waals surface area contributed by atoms with Crippen molar-refractivity contribution in [2.24, 2.45) is 0 Å². The molecule has 2 aromatic carbocycles. The third kappa shape index (κ3) is 6.34. The van der Waals surface area contributed by atoms with Crippen molar-refractivity contribution < 1.29 is 18.8 Å². The quantitative estimate of drug-likeness (QED) is 0.179. The monoisotopic (exact) mass is 523 g/mol. The number of carbonyl (C=O) groups is 1. The summed E-state index contributed by atoms with van der Waals surface area (Å²) in [5.74, 6) is 1.34. The summed E-state index contributed by atoms with van der Waals surface area (Å²) in [6.45, 7) is 9.39. The number of unbranched alkanes of at least 4 members (excludes halogenated alkanes) is 1. The van der Waals surface area contributed by atoms with Crippen molar-refractivity contribution in [2.75, 3.05) is 6.61 Å². The molecule has 0 amide bonds. The van der Waals surface area contributed by atoms with E-state index in [9.17, 15) is 4.79 Å². The number of halogens is 1. The molecule has 0 saturated carbocycles. The molecule has 0 aliphatic carbocycles. The number of rotatable bonds is 12. The SMILES string of the molecule is CCCCn1cc(CCC(=O)OCCC)c2cccc(-c3noc(-c4ccc(OC(C)C)c(Cl)c4)n3)c21. The van der Waals surface area contributed by atoms with Crippen LogP contribution in [0.4, 0.5) is 0 Å². The zero-order chi connectivity index (χ0) is 26.4. The number of carbonyl (C=O) groups excluding carboxylic acids is 1. The molecule has 196 valence electrons. The van der Waals surface area contributed by atoms with Crippen molar-refractivity contribution in [3.05, 3.63) is 53.2 Å². The molecule has 0 atom stereocenters. The van der Waals surface area contributed by atoms with Gasteiger partial charge in [-0.2, -0.15) is 4.98 Å². The van der Waals surface area contributed by atoms with Crippen LogP contribution < -0.4 is 4.74 Å². The van der Waals surface area contributed by atoms with Crippen LogP contribution in [-0.2, 0) is 22.5 Å². The number of hydrogen-bond donors (Lipinski definition) is 0. The van der Waals surface area contributed by atoms with Crippen LogP contribution in [-0.4, -0.2) is 33.4 Å². The first-order valence-corrected chi connectivity index (χ1v) is 13.4. The van der Waals surface area contributed by atoms with Crippen LogP contribution in [0.15, 0.2) is 47.1 Å². The van der Waals surface area contributed by atoms with Crippen molar-refractivity contribution in [2.45, 2.75) is 72.4 Å². The number of benzene rings is 2. The van der Waals surface area contributed by atoms with Crippen LogP contribution in [0.25, 0.3) is 33.7 Å². The van der Waals surface area contributed by atoms with Gasteiger partial charge in [0.2, 0.25) is 5.82 Å². The Morgan fingerprint density at radius 3 is 2.73 bits per heavy atom. The van der Waals surface area contributed by atoms with Gasteiger partial charge in [0.05, 0.1) is 23.3 Å². The Morgan fingerprint density at radius 1 is 1.16 bits per heavy atom. The molecule has 0 bridgehead atoms. The third-order valence-corrected chi connectivity index (χ3v) is 6.30. The number of ether oxygens (including phenoxy) is 2. The lowest BCUT2D eigenvalue weighted by Gasteiger charge is -2.11. The van der Waals surface area contributed by atoms with Gasteiger partial charge in [-0.3, -0.25) is 4.79 Å². The number of para-hydroxylation sites is 1. The van der Waals surface area contributed by atoms with Crippen LogP contribution in [0.5, 0.6) is 5.75 Å². The minimum Gasteiger partial charge on any atom is -0.489 e. The lowest BCUT2D eigenvalue weighted by atomic mass is 10.1. The highest BCUT2D eigenvalue weighted by molar-refractivity contribution is 6.32. The molecule has 0 unspecified atom stereocenters. The normalized spacial score (nSPS) is 11.4. The number of hydrogen-bond acceptors (Lipinski definition) is 6. The topological polar surface area (TPSA) is 79.4 Å². The first-order chi connectivity index (χ1) is 17.9. The van der Waals surface area contributed by atoms with E-state index in [0.717, 1.165) is 53.4 Å². The second kappa shape index (κ2) is 12.3. The van der Waals surface area contributed by atoms with Gasteiger partial charge in [0.15, 0.2) is 0 Å². The predicted molar refractivity (Wildman–Crippen MR) is 146 cm³/mol. The maximum absolute atomic E-state index is 12.1. The van der Waals surface area contributed by atoms with E-state index in [1.807, 2.05) is 45.0 Å². The predicted octanol–water partition coefficient (Wildman–Crippen LogP) is 7.48. The van der Waals surface area contributed by atoms with Crippen molar-refractivity contribution in [3.8, 4) is 28.6 Å². The van der Waals surface area contributed by atoms with Gasteiger partial charge in [0.1, 0.15) is 5.75 Å². The Morgan fingerprint density at radius 2 is 2.00 bits per heavy atom. The van der Waals surface area contributed by atoms with Crippen LogP contribution in [0, 0.1) is 0 Å². The van der Waals surface area contributed by atoms with Crippen LogP contribution >= 0.6 is 11.6 Å². The molecule has 0 saturated heterocycles. The van der Waals surface area contributed by atoms with Crippen LogP contribution in [0.2, 0.25) is 5.02 Å². The highest BCUT2D eigenvalue weighted by atomic mass is 35.5. The lowest BCUT2D eigenvalue weighted by molar-refractivity contribution is -0.143. The zero-order valence-electron chi connectivity index (χ0n) is 21.9. The van der Waals surface area contributed by atoms with Crippen molar-refractivity contribution >= 4 is 28.5 Å². The minimum atomic E-state index is -0.168. The van der Waals surface area contributed by atoms with Crippen LogP contribution in [0.1, 0.15) is 58.9 Å². The second-order valence-electron chi connectivity index (χ2n) is 9.36. The standard InChI is InChI=1S/C29H34ClN3O4/c1-5-7-15-33-18-21(12-14-26(34)35-16-6-2)22-9-8-10-23(27(22)33)28-31-29(37-32-28)20-11-13-25(24(30)17-20)36-19(3)4/h8-11,13,17-19H,5-7,12,14-16H2,1-4H3. The Kier molecular flexibility index (Phi) is 8.87. The number of nitrogens with zero attached hydrogens (tertiary/aromatic N) is 3. The minimum absolute atomic E-state index is 0.0228. The molecule has 7 nitrogen and oxygen atoms in total. The Bertz CT molecular complexity index is 1360. The molecule has 4 aromatic rings. The molecule has 0 aliphatic heterocycles. The molecule has 2 heterocycles. The van der Waals surface area contributed by atoms with E-state index in [1.165, 1.54) is 0 Å². The van der Waals surface area contributed by atoms with Crippen molar-refractivity contribution in [3.63, 3.8) is 0 Å². The molecule has 4 rings (SSSR count). The lowest BCUT2D eigenvalue weighted by Crippen LogP contribution is -2.06. The molecule has 0 fully saturated rings. The summed E-state index contributed by atoms with van der Waals surface area (Å²) < 4.78 is 18.9. The summed E-state index contributed by atoms with van der Waals surface area (Å²) in [6.07, 6.45) is 6.06. The number of aromatic nitrogens is 3. The van der Waals surface area contributed by atoms with Gasteiger partial charge in [-0.25, -0.2) is 0 Å². The number of fused-ring (bicyclic) bond motifs is 1. The largest absolute Gasteiger partial charge is 0.489 e. The van der Waals surface area contributed by atoms with E-state index in [0.29, 0.717) is 41.9 Å². The Labute approximate surface area is 222 Å². The molecule has 0 radical (unpaired) electrons. The summed E-state index contributed by atoms with van der Waals surface area (Å²) in [5.41, 5.74) is 3.76. The molecule has 0 N–H and O–H groups in total. The van der Waals surface area contributed by atoms with Gasteiger partial charge in [0.25, 0.3) is 5.89 Å². The third-order valence-electron chi connectivity index (χ3n) is 6.01. The molecule has 0 aliphatic rings. The molecule has 8 heteroatoms. The fourth-order valence-electron chi connectivity index (χ4n) is 4.28. The van der Waals surface area contributed by atoms with Gasteiger partial charge >= 0.3 is 5.97 Å². The van der Waals surface area contributed by atoms with Gasteiger partial charge in [-0.1, -0.05) is 49.2 Å². The highest BCUT2D eigenvalue weighted by Crippen LogP contribution is 2.34. The maximum Gasteiger partial charge on any atom is 0.306 e. The zero-order valence-corrected chi connectivity index (χ0v) is 22.7. The summed E-state index contributed by atoms with van der Waals surface area (Å²) in [6, 6.07) is 11.5. The van der Waals surface area contributed by atoms with E-state index in [1.54, 1.807) is 6.07 Å². The molecule has 37 heavy (non-hydrogen) atoms. The first kappa shape index (κ1) is 26.7. The number of aryl methyl sites for hydroxylation is 2. The summed E-state index contributed by atoms with van der Waals surface area (Å²) in [5, 5.41) is 5.88. The fraction of sp³-hybridized carbons (Fsp3) is 0.414. The van der Waals surface area contributed by atoms with E-state index < -0.39 is 0 Å². The summed E-state index contributed by atoms with van der Waals surface area (Å²) >= 11 is 6.43. The van der Waals surface area contributed by atoms with E-state index in [4.69, 9.17) is 30.6 Å². The first-order valence-electron chi connectivity index (χ1n) is 13.0. The Hall–Kier alpha value is -3.32. The van der Waals surface area contributed by atoms with E-state index in [2.05, 4.69) is 28.9 Å². The van der Waals surface area contributed by atoms with Crippen LogP contribution in [0.3, 0.4) is 0 Å². The summed E-state index contributed by atoms with van der Waals surface area (Å²) in [7, 11) is 0. The van der Waals surface area contributed by atoms with E-state index >= 15 is 0 Å². The van der Waals surface area contributed by atoms with Gasteiger partial charge in [-0.05, 0) is 62.9 Å². The molecular formula is C29H34ClN3O4. The highest BCUT2D eigenvalue weighted by Gasteiger charge is 2.19. The maximum atomic E-state index is 12.1. The summed E-state index contributed by atoms with van der Waals surface area (Å²) in [4.78, 5) is 16.8. The van der Waals surface area contributed by atoms with Gasteiger partial charge in [-0.15, -0.1) is 0 Å². The molecule has 0 spiro atoms. The van der Waals surface area contributed by atoms with Gasteiger partial charge < -0.3 is 18.6 Å². The number of esters is 1. The van der Waals surface area contributed by atoms with E-state index in [-0.39, 0.29) is 12.1 Å². The Balaban J connectivity index is 1.67.